The summed E-state index contributed by atoms with van der Waals surface area (Å²) in [6.07, 6.45) is 5.61. The maximum absolute atomic E-state index is 12.9. The summed E-state index contributed by atoms with van der Waals surface area (Å²) in [7, 11) is -3.70. The van der Waals surface area contributed by atoms with E-state index in [4.69, 9.17) is 4.74 Å². The van der Waals surface area contributed by atoms with Gasteiger partial charge in [-0.3, -0.25) is 9.71 Å². The predicted molar refractivity (Wildman–Crippen MR) is 147 cm³/mol. The van der Waals surface area contributed by atoms with Crippen LogP contribution in [-0.2, 0) is 10.0 Å². The minimum atomic E-state index is -3.70. The number of benzene rings is 3. The molecule has 0 saturated carbocycles. The molecule has 1 aliphatic rings. The highest BCUT2D eigenvalue weighted by Gasteiger charge is 2.21. The molecule has 4 aromatic rings. The minimum absolute atomic E-state index is 0.134. The number of ether oxygens (including phenoxy) is 1. The first-order chi connectivity index (χ1) is 17.5. The van der Waals surface area contributed by atoms with E-state index in [9.17, 15) is 8.42 Å². The third kappa shape index (κ3) is 5.88. The van der Waals surface area contributed by atoms with Gasteiger partial charge in [-0.25, -0.2) is 8.42 Å². The van der Waals surface area contributed by atoms with Gasteiger partial charge in [-0.1, -0.05) is 40.2 Å². The van der Waals surface area contributed by atoms with Crippen molar-refractivity contribution in [1.29, 1.82) is 0 Å². The molecule has 0 spiro atoms. The van der Waals surface area contributed by atoms with Gasteiger partial charge in [0.25, 0.3) is 10.0 Å². The molecule has 0 aliphatic carbocycles. The number of anilines is 2. The molecule has 5 rings (SSSR count). The van der Waals surface area contributed by atoms with E-state index in [1.165, 1.54) is 5.69 Å². The molecule has 0 bridgehead atoms. The van der Waals surface area contributed by atoms with Gasteiger partial charge < -0.3 is 9.64 Å². The van der Waals surface area contributed by atoms with Crippen LogP contribution in [0.25, 0.3) is 11.1 Å². The number of sulfonamides is 1. The third-order valence-electron chi connectivity index (χ3n) is 6.22. The topological polar surface area (TPSA) is 71.5 Å². The highest BCUT2D eigenvalue weighted by atomic mass is 79.9. The number of hydrogen-bond acceptors (Lipinski definition) is 5. The Labute approximate surface area is 220 Å². The van der Waals surface area contributed by atoms with Gasteiger partial charge in [-0.15, -0.1) is 0 Å². The van der Waals surface area contributed by atoms with Crippen molar-refractivity contribution in [3.05, 3.63) is 102 Å². The Bertz CT molecular complexity index is 1390. The van der Waals surface area contributed by atoms with Crippen LogP contribution in [0.4, 0.5) is 11.4 Å². The maximum Gasteiger partial charge on any atom is 0.261 e. The summed E-state index contributed by atoms with van der Waals surface area (Å²) in [6, 6.07) is 25.9. The number of rotatable bonds is 7. The molecule has 0 radical (unpaired) electrons. The van der Waals surface area contributed by atoms with E-state index >= 15 is 0 Å². The molecule has 36 heavy (non-hydrogen) atoms. The Hall–Kier alpha value is -3.36. The Morgan fingerprint density at radius 2 is 1.39 bits per heavy atom. The molecule has 1 aromatic heterocycles. The molecule has 0 atom stereocenters. The normalized spacial score (nSPS) is 14.4. The molecule has 184 valence electrons. The first kappa shape index (κ1) is 24.3. The molecule has 3 aromatic carbocycles. The minimum Gasteiger partial charge on any atom is -0.490 e. The highest BCUT2D eigenvalue weighted by molar-refractivity contribution is 9.10. The first-order valence-electron chi connectivity index (χ1n) is 11.8. The number of nitrogens with zero attached hydrogens (tertiary/aromatic N) is 2. The number of nitrogens with one attached hydrogen (secondary N) is 1. The molecule has 6 nitrogen and oxygen atoms in total. The average molecular weight is 565 g/mol. The van der Waals surface area contributed by atoms with Gasteiger partial charge in [0.05, 0.1) is 4.90 Å². The molecule has 2 heterocycles. The lowest BCUT2D eigenvalue weighted by molar-refractivity contribution is 0.171. The Morgan fingerprint density at radius 3 is 2.00 bits per heavy atom. The van der Waals surface area contributed by atoms with E-state index in [0.29, 0.717) is 5.69 Å². The van der Waals surface area contributed by atoms with Crippen molar-refractivity contribution in [3.63, 3.8) is 0 Å². The fourth-order valence-corrected chi connectivity index (χ4v) is 5.59. The third-order valence-corrected chi connectivity index (χ3v) is 8.15. The molecule has 1 aliphatic heterocycles. The number of piperidine rings is 1. The molecule has 0 amide bonds. The quantitative estimate of drug-likeness (QED) is 0.283. The summed E-state index contributed by atoms with van der Waals surface area (Å²) in [5, 5.41) is 0. The molecular formula is C28H26BrN3O3S. The van der Waals surface area contributed by atoms with Crippen LogP contribution in [0.5, 0.6) is 5.75 Å². The fraction of sp³-hybridized carbons (Fsp3) is 0.179. The van der Waals surface area contributed by atoms with Crippen molar-refractivity contribution in [2.24, 2.45) is 0 Å². The average Bonchev–Trinajstić information content (AvgIpc) is 2.91. The zero-order valence-electron chi connectivity index (χ0n) is 19.5. The Kier molecular flexibility index (Phi) is 7.25. The van der Waals surface area contributed by atoms with E-state index in [1.54, 1.807) is 24.3 Å². The van der Waals surface area contributed by atoms with Gasteiger partial charge in [0.15, 0.2) is 0 Å². The SMILES string of the molecule is O=S(=O)(Nc1ccc(OC2CCN(c3ccncc3)CC2)cc1)c1ccc(-c2ccc(Br)cc2)cc1. The van der Waals surface area contributed by atoms with Gasteiger partial charge in [-0.05, 0) is 71.8 Å². The van der Waals surface area contributed by atoms with Crippen LogP contribution >= 0.6 is 15.9 Å². The standard InChI is InChI=1S/C28H26BrN3O3S/c29-23-5-1-21(2-6-23)22-3-11-28(12-4-22)36(33,34)31-24-7-9-26(10-8-24)35-27-15-19-32(20-16-27)25-13-17-30-18-14-25/h1-14,17-18,27,31H,15-16,19-20H2. The molecule has 1 N–H and O–H groups in total. The lowest BCUT2D eigenvalue weighted by Crippen LogP contribution is -2.38. The van der Waals surface area contributed by atoms with E-state index in [2.05, 4.69) is 30.5 Å². The van der Waals surface area contributed by atoms with Crippen LogP contribution in [0.2, 0.25) is 0 Å². The van der Waals surface area contributed by atoms with E-state index in [-0.39, 0.29) is 11.0 Å². The van der Waals surface area contributed by atoms with Crippen LogP contribution in [0.15, 0.2) is 107 Å². The first-order valence-corrected chi connectivity index (χ1v) is 14.0. The van der Waals surface area contributed by atoms with Crippen molar-refractivity contribution in [2.75, 3.05) is 22.7 Å². The van der Waals surface area contributed by atoms with Gasteiger partial charge in [0.2, 0.25) is 0 Å². The molecular weight excluding hydrogens is 538 g/mol. The molecule has 1 fully saturated rings. The van der Waals surface area contributed by atoms with Gasteiger partial charge >= 0.3 is 0 Å². The second-order valence-electron chi connectivity index (χ2n) is 8.67. The molecule has 8 heteroatoms. The van der Waals surface area contributed by atoms with E-state index in [0.717, 1.165) is 47.3 Å². The number of pyridine rings is 1. The summed E-state index contributed by atoms with van der Waals surface area (Å²) >= 11 is 3.43. The van der Waals surface area contributed by atoms with E-state index < -0.39 is 10.0 Å². The van der Waals surface area contributed by atoms with Gasteiger partial charge in [-0.2, -0.15) is 0 Å². The summed E-state index contributed by atoms with van der Waals surface area (Å²) in [6.45, 7) is 1.85. The summed E-state index contributed by atoms with van der Waals surface area (Å²) in [5.41, 5.74) is 3.65. The monoisotopic (exact) mass is 563 g/mol. The van der Waals surface area contributed by atoms with Crippen LogP contribution in [-0.4, -0.2) is 32.6 Å². The summed E-state index contributed by atoms with van der Waals surface area (Å²) in [5.74, 6) is 0.735. The fourth-order valence-electron chi connectivity index (χ4n) is 4.26. The zero-order valence-corrected chi connectivity index (χ0v) is 22.0. The van der Waals surface area contributed by atoms with E-state index in [1.807, 2.05) is 73.1 Å². The van der Waals surface area contributed by atoms with Crippen molar-refractivity contribution in [2.45, 2.75) is 23.8 Å². The molecule has 0 unspecified atom stereocenters. The predicted octanol–water partition coefficient (Wildman–Crippen LogP) is 6.36. The lowest BCUT2D eigenvalue weighted by atomic mass is 10.1. The summed E-state index contributed by atoms with van der Waals surface area (Å²) < 4.78 is 35.6. The summed E-state index contributed by atoms with van der Waals surface area (Å²) in [4.78, 5) is 6.63. The maximum atomic E-state index is 12.9. The Morgan fingerprint density at radius 1 is 0.806 bits per heavy atom. The van der Waals surface area contributed by atoms with Crippen molar-refractivity contribution < 1.29 is 13.2 Å². The number of hydrogen-bond donors (Lipinski definition) is 1. The van der Waals surface area contributed by atoms with Crippen LogP contribution in [0.1, 0.15) is 12.8 Å². The number of halogens is 1. The van der Waals surface area contributed by atoms with Gasteiger partial charge in [0, 0.05) is 54.2 Å². The Balaban J connectivity index is 1.17. The second kappa shape index (κ2) is 10.7. The number of aromatic nitrogens is 1. The van der Waals surface area contributed by atoms with Crippen LogP contribution in [0.3, 0.4) is 0 Å². The van der Waals surface area contributed by atoms with Gasteiger partial charge in [0.1, 0.15) is 11.9 Å². The zero-order chi connectivity index (χ0) is 25.0. The lowest BCUT2D eigenvalue weighted by Gasteiger charge is -2.33. The van der Waals surface area contributed by atoms with Crippen LogP contribution < -0.4 is 14.4 Å². The molecule has 1 saturated heterocycles. The van der Waals surface area contributed by atoms with Crippen LogP contribution in [0, 0.1) is 0 Å². The van der Waals surface area contributed by atoms with Crippen molar-refractivity contribution >= 4 is 37.3 Å². The highest BCUT2D eigenvalue weighted by Crippen LogP contribution is 2.26. The van der Waals surface area contributed by atoms with Crippen molar-refractivity contribution in [3.8, 4) is 16.9 Å². The second-order valence-corrected chi connectivity index (χ2v) is 11.3. The van der Waals surface area contributed by atoms with Crippen molar-refractivity contribution in [1.82, 2.24) is 4.98 Å². The largest absolute Gasteiger partial charge is 0.490 e. The smallest absolute Gasteiger partial charge is 0.261 e.